The van der Waals surface area contributed by atoms with Gasteiger partial charge >= 0.3 is 0 Å². The molecular formula is C18H22Cl2N4O3S. The van der Waals surface area contributed by atoms with E-state index in [-0.39, 0.29) is 39.9 Å². The number of carbonyl (C=O) groups is 1. The number of nitrogens with one attached hydrogen (secondary N) is 1. The lowest BCUT2D eigenvalue weighted by molar-refractivity contribution is -0.126. The Balaban J connectivity index is 1.50. The molecule has 1 aliphatic rings. The fourth-order valence-corrected chi connectivity index (χ4v) is 5.81. The van der Waals surface area contributed by atoms with Crippen molar-refractivity contribution in [1.29, 1.82) is 0 Å². The van der Waals surface area contributed by atoms with Crippen molar-refractivity contribution < 1.29 is 13.2 Å². The second-order valence-electron chi connectivity index (χ2n) is 6.67. The number of aromatic nitrogens is 2. The molecule has 3 rings (SSSR count). The van der Waals surface area contributed by atoms with Crippen molar-refractivity contribution in [3.05, 3.63) is 47.0 Å². The maximum atomic E-state index is 12.9. The number of sulfonamides is 1. The minimum absolute atomic E-state index is 0.0292. The van der Waals surface area contributed by atoms with Crippen molar-refractivity contribution in [1.82, 2.24) is 19.2 Å². The number of benzene rings is 1. The Morgan fingerprint density at radius 3 is 2.50 bits per heavy atom. The van der Waals surface area contributed by atoms with E-state index in [0.717, 1.165) is 13.0 Å². The topological polar surface area (TPSA) is 84.3 Å². The molecule has 0 saturated carbocycles. The van der Waals surface area contributed by atoms with Gasteiger partial charge in [-0.25, -0.2) is 13.4 Å². The van der Waals surface area contributed by atoms with E-state index in [4.69, 9.17) is 23.2 Å². The molecule has 2 heterocycles. The monoisotopic (exact) mass is 444 g/mol. The van der Waals surface area contributed by atoms with Crippen LogP contribution in [-0.4, -0.2) is 47.8 Å². The zero-order valence-electron chi connectivity index (χ0n) is 15.2. The lowest BCUT2D eigenvalue weighted by atomic mass is 9.97. The SMILES string of the molecule is O=C(NCCCn1ccnc1)C1CCN(S(=O)(=O)c2c(Cl)cccc2Cl)CC1. The first-order chi connectivity index (χ1) is 13.4. The van der Waals surface area contributed by atoms with Crippen LogP contribution < -0.4 is 5.32 Å². The van der Waals surface area contributed by atoms with E-state index in [9.17, 15) is 13.2 Å². The van der Waals surface area contributed by atoms with E-state index in [1.165, 1.54) is 16.4 Å². The van der Waals surface area contributed by atoms with Crippen LogP contribution in [0.15, 0.2) is 41.8 Å². The van der Waals surface area contributed by atoms with Crippen LogP contribution in [0.5, 0.6) is 0 Å². The molecular weight excluding hydrogens is 423 g/mol. The summed E-state index contributed by atoms with van der Waals surface area (Å²) in [5.74, 6) is -0.222. The summed E-state index contributed by atoms with van der Waals surface area (Å²) in [5, 5.41) is 3.14. The Morgan fingerprint density at radius 1 is 1.21 bits per heavy atom. The maximum absolute atomic E-state index is 12.9. The average molecular weight is 445 g/mol. The second-order valence-corrected chi connectivity index (χ2v) is 9.36. The highest BCUT2D eigenvalue weighted by atomic mass is 35.5. The summed E-state index contributed by atoms with van der Waals surface area (Å²) in [6.07, 6.45) is 7.08. The van der Waals surface area contributed by atoms with Gasteiger partial charge in [-0.3, -0.25) is 4.79 Å². The molecule has 1 fully saturated rings. The molecule has 0 atom stereocenters. The number of hydrogen-bond acceptors (Lipinski definition) is 4. The predicted octanol–water partition coefficient (Wildman–Crippen LogP) is 2.80. The van der Waals surface area contributed by atoms with Gasteiger partial charge in [-0.05, 0) is 31.4 Å². The van der Waals surface area contributed by atoms with Crippen LogP contribution in [0.4, 0.5) is 0 Å². The van der Waals surface area contributed by atoms with Crippen molar-refractivity contribution >= 4 is 39.1 Å². The number of amides is 1. The van der Waals surface area contributed by atoms with Gasteiger partial charge < -0.3 is 9.88 Å². The van der Waals surface area contributed by atoms with Crippen molar-refractivity contribution in [2.45, 2.75) is 30.7 Å². The quantitative estimate of drug-likeness (QED) is 0.665. The Bertz CT molecular complexity index is 891. The van der Waals surface area contributed by atoms with Gasteiger partial charge in [0.15, 0.2) is 0 Å². The van der Waals surface area contributed by atoms with Gasteiger partial charge in [-0.2, -0.15) is 4.31 Å². The highest BCUT2D eigenvalue weighted by Gasteiger charge is 2.34. The van der Waals surface area contributed by atoms with Gasteiger partial charge in [0.2, 0.25) is 15.9 Å². The molecule has 0 bridgehead atoms. The first-order valence-corrected chi connectivity index (χ1v) is 11.3. The van der Waals surface area contributed by atoms with E-state index in [1.54, 1.807) is 18.6 Å². The van der Waals surface area contributed by atoms with E-state index >= 15 is 0 Å². The molecule has 0 spiro atoms. The standard InChI is InChI=1S/C18H22Cl2N4O3S/c19-15-3-1-4-16(20)17(15)28(26,27)24-10-5-14(6-11-24)18(25)22-7-2-9-23-12-8-21-13-23/h1,3-4,8,12-14H,2,5-7,9-11H2,(H,22,25). The van der Waals surface area contributed by atoms with Gasteiger partial charge in [0.25, 0.3) is 0 Å². The lowest BCUT2D eigenvalue weighted by Crippen LogP contribution is -2.43. The van der Waals surface area contributed by atoms with Gasteiger partial charge in [-0.15, -0.1) is 0 Å². The molecule has 1 amide bonds. The van der Waals surface area contributed by atoms with Gasteiger partial charge in [0, 0.05) is 44.5 Å². The Kier molecular flexibility index (Phi) is 6.98. The van der Waals surface area contributed by atoms with Crippen molar-refractivity contribution in [3.8, 4) is 0 Å². The molecule has 0 radical (unpaired) electrons. The Labute approximate surface area is 174 Å². The summed E-state index contributed by atoms with van der Waals surface area (Å²) >= 11 is 12.1. The summed E-state index contributed by atoms with van der Waals surface area (Å²) in [6.45, 7) is 1.88. The smallest absolute Gasteiger partial charge is 0.246 e. The molecule has 1 N–H and O–H groups in total. The number of aryl methyl sites for hydroxylation is 1. The van der Waals surface area contributed by atoms with Crippen molar-refractivity contribution in [2.24, 2.45) is 5.92 Å². The molecule has 1 saturated heterocycles. The zero-order chi connectivity index (χ0) is 20.1. The fourth-order valence-electron chi connectivity index (χ4n) is 3.25. The zero-order valence-corrected chi connectivity index (χ0v) is 17.6. The summed E-state index contributed by atoms with van der Waals surface area (Å²) < 4.78 is 29.1. The first-order valence-electron chi connectivity index (χ1n) is 9.07. The molecule has 2 aromatic rings. The predicted molar refractivity (Wildman–Crippen MR) is 108 cm³/mol. The molecule has 10 heteroatoms. The van der Waals surface area contributed by atoms with Crippen molar-refractivity contribution in [2.75, 3.05) is 19.6 Å². The van der Waals surface area contributed by atoms with E-state index in [2.05, 4.69) is 10.3 Å². The molecule has 0 unspecified atom stereocenters. The van der Waals surface area contributed by atoms with Crippen LogP contribution in [0.2, 0.25) is 10.0 Å². The number of imidazole rings is 1. The summed E-state index contributed by atoms with van der Waals surface area (Å²) in [5.41, 5.74) is 0. The fraction of sp³-hybridized carbons (Fsp3) is 0.444. The maximum Gasteiger partial charge on any atom is 0.246 e. The van der Waals surface area contributed by atoms with Crippen molar-refractivity contribution in [3.63, 3.8) is 0 Å². The Hall–Kier alpha value is -1.61. The molecule has 1 aromatic carbocycles. The van der Waals surface area contributed by atoms with Gasteiger partial charge in [-0.1, -0.05) is 29.3 Å². The summed E-state index contributed by atoms with van der Waals surface area (Å²) in [7, 11) is -3.79. The highest BCUT2D eigenvalue weighted by Crippen LogP contribution is 2.33. The van der Waals surface area contributed by atoms with Crippen LogP contribution in [0, 0.1) is 5.92 Å². The largest absolute Gasteiger partial charge is 0.356 e. The third-order valence-electron chi connectivity index (χ3n) is 4.79. The van der Waals surface area contributed by atoms with Crippen LogP contribution in [0.25, 0.3) is 0 Å². The van der Waals surface area contributed by atoms with Crippen LogP contribution in [-0.2, 0) is 21.4 Å². The molecule has 28 heavy (non-hydrogen) atoms. The third kappa shape index (κ3) is 4.86. The Morgan fingerprint density at radius 2 is 1.89 bits per heavy atom. The minimum Gasteiger partial charge on any atom is -0.356 e. The molecule has 1 aliphatic heterocycles. The minimum atomic E-state index is -3.79. The lowest BCUT2D eigenvalue weighted by Gasteiger charge is -2.31. The molecule has 1 aromatic heterocycles. The average Bonchev–Trinajstić information content (AvgIpc) is 3.18. The van der Waals surface area contributed by atoms with Gasteiger partial charge in [0.05, 0.1) is 16.4 Å². The number of piperidine rings is 1. The van der Waals surface area contributed by atoms with Crippen LogP contribution >= 0.6 is 23.2 Å². The summed E-state index contributed by atoms with van der Waals surface area (Å²) in [4.78, 5) is 16.3. The molecule has 7 nitrogen and oxygen atoms in total. The second kappa shape index (κ2) is 9.26. The van der Waals surface area contributed by atoms with Crippen LogP contribution in [0.1, 0.15) is 19.3 Å². The number of carbonyl (C=O) groups excluding carboxylic acids is 1. The number of nitrogens with zero attached hydrogens (tertiary/aromatic N) is 3. The van der Waals surface area contributed by atoms with E-state index < -0.39 is 10.0 Å². The third-order valence-corrected chi connectivity index (χ3v) is 7.65. The molecule has 152 valence electrons. The number of hydrogen-bond donors (Lipinski definition) is 1. The van der Waals surface area contributed by atoms with Crippen LogP contribution in [0.3, 0.4) is 0 Å². The highest BCUT2D eigenvalue weighted by molar-refractivity contribution is 7.89. The number of halogens is 2. The van der Waals surface area contributed by atoms with Gasteiger partial charge in [0.1, 0.15) is 4.90 Å². The number of rotatable bonds is 7. The first kappa shape index (κ1) is 21.1. The summed E-state index contributed by atoms with van der Waals surface area (Å²) in [6, 6.07) is 4.61. The van der Waals surface area contributed by atoms with E-state index in [0.29, 0.717) is 19.4 Å². The molecule has 0 aliphatic carbocycles. The normalized spacial score (nSPS) is 16.2. The van der Waals surface area contributed by atoms with E-state index in [1.807, 2.05) is 10.8 Å².